The molecule has 60 valence electrons. The predicted octanol–water partition coefficient (Wildman–Crippen LogP) is 2.44. The Bertz CT molecular complexity index is 83.3. The molecule has 2 nitrogen and oxygen atoms in total. The van der Waals surface area contributed by atoms with Crippen molar-refractivity contribution in [2.24, 2.45) is 5.92 Å². The molecule has 0 amide bonds. The van der Waals surface area contributed by atoms with Crippen LogP contribution in [0.2, 0.25) is 0 Å². The Morgan fingerprint density at radius 1 is 1.50 bits per heavy atom. The van der Waals surface area contributed by atoms with E-state index in [1.807, 2.05) is 0 Å². The fourth-order valence-electron chi connectivity index (χ4n) is 1.71. The summed E-state index contributed by atoms with van der Waals surface area (Å²) in [6.45, 7) is 2.20. The van der Waals surface area contributed by atoms with Crippen LogP contribution < -0.4 is 0 Å². The molecule has 2 heteroatoms. The van der Waals surface area contributed by atoms with Crippen molar-refractivity contribution < 1.29 is 10.1 Å². The van der Waals surface area contributed by atoms with E-state index in [-0.39, 0.29) is 6.10 Å². The molecule has 0 aromatic rings. The van der Waals surface area contributed by atoms with E-state index < -0.39 is 0 Å². The van der Waals surface area contributed by atoms with Crippen molar-refractivity contribution in [2.45, 2.75) is 45.1 Å². The van der Waals surface area contributed by atoms with Gasteiger partial charge in [0.05, 0.1) is 6.10 Å². The van der Waals surface area contributed by atoms with E-state index in [2.05, 4.69) is 11.8 Å². The van der Waals surface area contributed by atoms with E-state index in [1.165, 1.54) is 19.3 Å². The molecule has 0 radical (unpaired) electrons. The van der Waals surface area contributed by atoms with E-state index >= 15 is 0 Å². The van der Waals surface area contributed by atoms with Crippen molar-refractivity contribution >= 4 is 0 Å². The summed E-state index contributed by atoms with van der Waals surface area (Å²) in [6, 6.07) is 0. The highest BCUT2D eigenvalue weighted by Crippen LogP contribution is 2.27. The van der Waals surface area contributed by atoms with Crippen LogP contribution in [0.1, 0.15) is 39.0 Å². The molecule has 2 unspecified atom stereocenters. The summed E-state index contributed by atoms with van der Waals surface area (Å²) < 4.78 is 0. The minimum atomic E-state index is 0.124. The van der Waals surface area contributed by atoms with Gasteiger partial charge >= 0.3 is 0 Å². The number of hydrogen-bond donors (Lipinski definition) is 1. The second-order valence-corrected chi connectivity index (χ2v) is 3.17. The Labute approximate surface area is 62.1 Å². The molecule has 1 fully saturated rings. The minimum absolute atomic E-state index is 0.124. The zero-order chi connectivity index (χ0) is 7.40. The van der Waals surface area contributed by atoms with Crippen LogP contribution in [-0.4, -0.2) is 11.4 Å². The molecule has 1 aliphatic rings. The molecule has 1 aliphatic carbocycles. The summed E-state index contributed by atoms with van der Waals surface area (Å²) in [4.78, 5) is 4.32. The third kappa shape index (κ3) is 1.96. The maximum atomic E-state index is 8.40. The van der Waals surface area contributed by atoms with Crippen LogP contribution in [0.5, 0.6) is 0 Å². The van der Waals surface area contributed by atoms with Crippen LogP contribution in [0.3, 0.4) is 0 Å². The second-order valence-electron chi connectivity index (χ2n) is 3.17. The lowest BCUT2D eigenvalue weighted by Gasteiger charge is -2.25. The molecular weight excluding hydrogens is 128 g/mol. The van der Waals surface area contributed by atoms with Gasteiger partial charge in [0.25, 0.3) is 0 Å². The summed E-state index contributed by atoms with van der Waals surface area (Å²) in [5.74, 6) is 0.783. The highest BCUT2D eigenvalue weighted by atomic mass is 17.1. The summed E-state index contributed by atoms with van der Waals surface area (Å²) in [5, 5.41) is 8.40. The Hall–Kier alpha value is -0.0800. The van der Waals surface area contributed by atoms with Gasteiger partial charge in [0.15, 0.2) is 0 Å². The molecule has 1 N–H and O–H groups in total. The van der Waals surface area contributed by atoms with Crippen molar-refractivity contribution in [2.75, 3.05) is 0 Å². The highest BCUT2D eigenvalue weighted by Gasteiger charge is 2.20. The molecule has 10 heavy (non-hydrogen) atoms. The summed E-state index contributed by atoms with van der Waals surface area (Å²) >= 11 is 0. The van der Waals surface area contributed by atoms with Crippen LogP contribution in [0, 0.1) is 5.92 Å². The Balaban J connectivity index is 2.25. The summed E-state index contributed by atoms with van der Waals surface area (Å²) in [6.07, 6.45) is 5.96. The van der Waals surface area contributed by atoms with Gasteiger partial charge in [-0.1, -0.05) is 26.2 Å². The molecule has 0 aliphatic heterocycles. The van der Waals surface area contributed by atoms with Gasteiger partial charge in [0.1, 0.15) is 0 Å². The van der Waals surface area contributed by atoms with Gasteiger partial charge in [-0.3, -0.25) is 5.26 Å². The first-order valence-corrected chi connectivity index (χ1v) is 4.17. The molecular formula is C8H16O2. The molecule has 0 bridgehead atoms. The number of hydrogen-bond acceptors (Lipinski definition) is 2. The zero-order valence-corrected chi connectivity index (χ0v) is 6.55. The lowest BCUT2D eigenvalue weighted by Crippen LogP contribution is -2.21. The predicted molar refractivity (Wildman–Crippen MR) is 39.8 cm³/mol. The van der Waals surface area contributed by atoms with E-state index in [0.29, 0.717) is 0 Å². The van der Waals surface area contributed by atoms with Crippen LogP contribution >= 0.6 is 0 Å². The molecule has 0 aromatic carbocycles. The van der Waals surface area contributed by atoms with Gasteiger partial charge in [-0.25, -0.2) is 4.89 Å². The van der Waals surface area contributed by atoms with Crippen molar-refractivity contribution in [3.8, 4) is 0 Å². The quantitative estimate of drug-likeness (QED) is 0.476. The Kier molecular flexibility index (Phi) is 3.16. The monoisotopic (exact) mass is 144 g/mol. The van der Waals surface area contributed by atoms with Crippen LogP contribution in [0.4, 0.5) is 0 Å². The van der Waals surface area contributed by atoms with E-state index in [4.69, 9.17) is 5.26 Å². The average Bonchev–Trinajstić information content (AvgIpc) is 2.05. The number of rotatable bonds is 2. The second kappa shape index (κ2) is 3.94. The molecule has 0 heterocycles. The molecule has 2 atom stereocenters. The third-order valence-corrected chi connectivity index (χ3v) is 2.46. The highest BCUT2D eigenvalue weighted by molar-refractivity contribution is 4.71. The summed E-state index contributed by atoms with van der Waals surface area (Å²) in [7, 11) is 0. The fraction of sp³-hybridized carbons (Fsp3) is 1.00. The maximum Gasteiger partial charge on any atom is 0.0930 e. The first-order valence-electron chi connectivity index (χ1n) is 4.17. The normalized spacial score (nSPS) is 34.2. The summed E-state index contributed by atoms with van der Waals surface area (Å²) in [5.41, 5.74) is 0. The smallest absolute Gasteiger partial charge is 0.0930 e. The molecule has 0 aromatic heterocycles. The first kappa shape index (κ1) is 8.02. The first-order chi connectivity index (χ1) is 4.86. The van der Waals surface area contributed by atoms with Crippen LogP contribution in [0.25, 0.3) is 0 Å². The van der Waals surface area contributed by atoms with Crippen LogP contribution in [0.15, 0.2) is 0 Å². The van der Waals surface area contributed by atoms with Gasteiger partial charge in [0, 0.05) is 0 Å². The van der Waals surface area contributed by atoms with Crippen molar-refractivity contribution in [3.05, 3.63) is 0 Å². The van der Waals surface area contributed by atoms with Gasteiger partial charge in [-0.05, 0) is 18.8 Å². The molecule has 1 saturated carbocycles. The Morgan fingerprint density at radius 3 is 2.90 bits per heavy atom. The average molecular weight is 144 g/mol. The topological polar surface area (TPSA) is 29.5 Å². The standard InChI is InChI=1S/C8H16O2/c1-2-7-4-3-5-8(6-7)10-9/h7-9H,2-6H2,1H3. The van der Waals surface area contributed by atoms with E-state index in [1.54, 1.807) is 0 Å². The minimum Gasteiger partial charge on any atom is -0.252 e. The largest absolute Gasteiger partial charge is 0.252 e. The molecule has 0 saturated heterocycles. The SMILES string of the molecule is CCC1CCCC(OO)C1. The van der Waals surface area contributed by atoms with Crippen molar-refractivity contribution in [1.82, 2.24) is 0 Å². The van der Waals surface area contributed by atoms with E-state index in [0.717, 1.165) is 18.8 Å². The van der Waals surface area contributed by atoms with Crippen molar-refractivity contribution in [1.29, 1.82) is 0 Å². The molecule has 0 spiro atoms. The lowest BCUT2D eigenvalue weighted by molar-refractivity contribution is -0.286. The zero-order valence-electron chi connectivity index (χ0n) is 6.55. The van der Waals surface area contributed by atoms with Gasteiger partial charge in [-0.2, -0.15) is 0 Å². The van der Waals surface area contributed by atoms with Crippen molar-refractivity contribution in [3.63, 3.8) is 0 Å². The fourth-order valence-corrected chi connectivity index (χ4v) is 1.71. The third-order valence-electron chi connectivity index (χ3n) is 2.46. The lowest BCUT2D eigenvalue weighted by atomic mass is 9.86. The van der Waals surface area contributed by atoms with Gasteiger partial charge in [-0.15, -0.1) is 0 Å². The molecule has 1 rings (SSSR count). The van der Waals surface area contributed by atoms with E-state index in [9.17, 15) is 0 Å². The van der Waals surface area contributed by atoms with Gasteiger partial charge in [0.2, 0.25) is 0 Å². The maximum absolute atomic E-state index is 8.40. The Morgan fingerprint density at radius 2 is 2.30 bits per heavy atom. The van der Waals surface area contributed by atoms with Gasteiger partial charge < -0.3 is 0 Å². The van der Waals surface area contributed by atoms with Crippen LogP contribution in [-0.2, 0) is 4.89 Å².